The van der Waals surface area contributed by atoms with Gasteiger partial charge in [-0.25, -0.2) is 0 Å². The zero-order chi connectivity index (χ0) is 24.1. The number of carbonyl (C=O) groups excluding carboxylic acids is 2. The number of carbonyl (C=O) groups is 2. The van der Waals surface area contributed by atoms with Crippen molar-refractivity contribution in [1.82, 2.24) is 5.32 Å². The number of aliphatic hydroxyl groups excluding tert-OH is 2. The summed E-state index contributed by atoms with van der Waals surface area (Å²) < 4.78 is 5.68. The molecule has 2 aliphatic rings. The Morgan fingerprint density at radius 2 is 1.45 bits per heavy atom. The molecule has 174 valence electrons. The predicted octanol–water partition coefficient (Wildman–Crippen LogP) is 3.17. The van der Waals surface area contributed by atoms with Gasteiger partial charge in [-0.15, -0.1) is 0 Å². The topological polar surface area (TPSA) is 95.9 Å². The van der Waals surface area contributed by atoms with Gasteiger partial charge in [0.05, 0.1) is 0 Å². The van der Waals surface area contributed by atoms with Crippen molar-refractivity contribution in [1.29, 1.82) is 0 Å². The minimum Gasteiger partial charge on any atom is -0.482 e. The lowest BCUT2D eigenvalue weighted by Gasteiger charge is -2.22. The fourth-order valence-electron chi connectivity index (χ4n) is 2.98. The first-order chi connectivity index (χ1) is 15.8. The van der Waals surface area contributed by atoms with E-state index < -0.39 is 17.8 Å². The number of ether oxygens (including phenoxy) is 1. The number of ketones is 1. The van der Waals surface area contributed by atoms with Gasteiger partial charge in [-0.2, -0.15) is 0 Å². The van der Waals surface area contributed by atoms with Crippen LogP contribution in [0.1, 0.15) is 13.8 Å². The molecular weight excluding hydrogens is 418 g/mol. The highest BCUT2D eigenvalue weighted by molar-refractivity contribution is 5.99. The number of fused-ring (bicyclic) bond motifs is 2. The molecule has 0 radical (unpaired) electrons. The molecule has 6 heteroatoms. The lowest BCUT2D eigenvalue weighted by Crippen LogP contribution is -2.38. The van der Waals surface area contributed by atoms with Crippen LogP contribution in [0.2, 0.25) is 0 Å². The lowest BCUT2D eigenvalue weighted by atomic mass is 9.96. The molecule has 2 bridgehead atoms. The molecule has 6 nitrogen and oxygen atoms in total. The highest BCUT2D eigenvalue weighted by atomic mass is 16.5. The number of hydrogen-bond donors (Lipinski definition) is 3. The summed E-state index contributed by atoms with van der Waals surface area (Å²) in [5.41, 5.74) is -1.20. The van der Waals surface area contributed by atoms with E-state index in [2.05, 4.69) is 5.32 Å². The van der Waals surface area contributed by atoms with Crippen molar-refractivity contribution >= 4 is 11.7 Å². The fraction of sp³-hybridized carbons (Fsp3) is 0.259. The van der Waals surface area contributed by atoms with E-state index in [-0.39, 0.29) is 23.4 Å². The van der Waals surface area contributed by atoms with Crippen molar-refractivity contribution in [2.45, 2.75) is 31.7 Å². The van der Waals surface area contributed by atoms with Crippen LogP contribution in [-0.2, 0) is 14.3 Å². The first-order valence-corrected chi connectivity index (χ1v) is 10.8. The van der Waals surface area contributed by atoms with E-state index in [9.17, 15) is 19.8 Å². The average Bonchev–Trinajstić information content (AvgIpc) is 2.99. The van der Waals surface area contributed by atoms with E-state index >= 15 is 0 Å². The van der Waals surface area contributed by atoms with Gasteiger partial charge in [-0.1, -0.05) is 85.9 Å². The van der Waals surface area contributed by atoms with Crippen LogP contribution in [0.5, 0.6) is 0 Å². The fourth-order valence-corrected chi connectivity index (χ4v) is 2.98. The Bertz CT molecular complexity index is 961. The van der Waals surface area contributed by atoms with E-state index in [1.54, 1.807) is 55.5 Å². The molecule has 0 spiro atoms. The summed E-state index contributed by atoms with van der Waals surface area (Å²) in [4.78, 5) is 24.0. The van der Waals surface area contributed by atoms with Crippen LogP contribution in [0.4, 0.5) is 0 Å². The minimum atomic E-state index is -1.31. The number of nitrogens with one attached hydrogen (secondary N) is 1. The molecule has 1 amide bonds. The summed E-state index contributed by atoms with van der Waals surface area (Å²) in [5.74, 6) is -0.381. The second-order valence-corrected chi connectivity index (χ2v) is 7.85. The molecule has 33 heavy (non-hydrogen) atoms. The van der Waals surface area contributed by atoms with E-state index in [4.69, 9.17) is 4.74 Å². The summed E-state index contributed by atoms with van der Waals surface area (Å²) in [5, 5.41) is 23.5. The van der Waals surface area contributed by atoms with Crippen molar-refractivity contribution in [3.05, 3.63) is 109 Å². The van der Waals surface area contributed by atoms with Crippen LogP contribution in [-0.4, -0.2) is 46.3 Å². The normalized spacial score (nSPS) is 37.1. The molecule has 3 N–H and O–H groups in total. The molecule has 2 heterocycles. The number of hydrogen-bond acceptors (Lipinski definition) is 5. The number of rotatable bonds is 0. The monoisotopic (exact) mass is 449 g/mol. The first kappa shape index (κ1) is 25.8. The molecule has 2 rings (SSSR count). The molecule has 0 aromatic carbocycles. The Morgan fingerprint density at radius 3 is 2.15 bits per heavy atom. The summed E-state index contributed by atoms with van der Waals surface area (Å²) in [6.07, 6.45) is 26.0. The quantitative estimate of drug-likeness (QED) is 0.528. The van der Waals surface area contributed by atoms with Gasteiger partial charge in [-0.3, -0.25) is 9.59 Å². The van der Waals surface area contributed by atoms with Crippen LogP contribution in [0.3, 0.4) is 0 Å². The van der Waals surface area contributed by atoms with Crippen molar-refractivity contribution in [2.24, 2.45) is 5.92 Å². The SMILES string of the molecule is C[C@@H]1\C=C/C=C/C=C\C=C/C=C/C(=O)C=C2O[C@](C)(/C=C/C=C\C=C/C(=O)NC1)[C@@H](O)[C@@H]2O. The smallest absolute Gasteiger partial charge is 0.243 e. The zero-order valence-electron chi connectivity index (χ0n) is 18.9. The van der Waals surface area contributed by atoms with Gasteiger partial charge in [0.1, 0.15) is 18.0 Å². The maximum atomic E-state index is 12.1. The summed E-state index contributed by atoms with van der Waals surface area (Å²) >= 11 is 0. The highest BCUT2D eigenvalue weighted by Gasteiger charge is 2.47. The Balaban J connectivity index is 2.19. The Hall–Kier alpha value is -3.48. The van der Waals surface area contributed by atoms with E-state index in [0.717, 1.165) is 0 Å². The van der Waals surface area contributed by atoms with Gasteiger partial charge in [0.15, 0.2) is 11.4 Å². The Labute approximate surface area is 195 Å². The lowest BCUT2D eigenvalue weighted by molar-refractivity contribution is -0.116. The summed E-state index contributed by atoms with van der Waals surface area (Å²) in [6.45, 7) is 4.14. The first-order valence-electron chi connectivity index (χ1n) is 10.8. The van der Waals surface area contributed by atoms with Gasteiger partial charge in [-0.05, 0) is 25.0 Å². The van der Waals surface area contributed by atoms with Crippen LogP contribution >= 0.6 is 0 Å². The van der Waals surface area contributed by atoms with E-state index in [1.807, 2.05) is 43.4 Å². The molecule has 0 aromatic rings. The third-order valence-electron chi connectivity index (χ3n) is 4.88. The Kier molecular flexibility index (Phi) is 10.3. The van der Waals surface area contributed by atoms with Crippen molar-refractivity contribution in [3.8, 4) is 0 Å². The van der Waals surface area contributed by atoms with Crippen LogP contribution in [0.15, 0.2) is 109 Å². The highest BCUT2D eigenvalue weighted by Crippen LogP contribution is 2.34. The third-order valence-corrected chi connectivity index (χ3v) is 4.88. The average molecular weight is 450 g/mol. The van der Waals surface area contributed by atoms with E-state index in [1.165, 1.54) is 18.2 Å². The Morgan fingerprint density at radius 1 is 0.879 bits per heavy atom. The maximum absolute atomic E-state index is 12.1. The van der Waals surface area contributed by atoms with Crippen LogP contribution in [0.25, 0.3) is 0 Å². The molecule has 4 atom stereocenters. The molecule has 0 saturated carbocycles. The maximum Gasteiger partial charge on any atom is 0.243 e. The van der Waals surface area contributed by atoms with Crippen molar-refractivity contribution in [2.75, 3.05) is 6.54 Å². The largest absolute Gasteiger partial charge is 0.482 e. The molecule has 1 saturated heterocycles. The number of aliphatic hydroxyl groups is 2. The van der Waals surface area contributed by atoms with Crippen molar-refractivity contribution < 1.29 is 24.5 Å². The van der Waals surface area contributed by atoms with Gasteiger partial charge in [0, 0.05) is 18.7 Å². The minimum absolute atomic E-state index is 0.00617. The van der Waals surface area contributed by atoms with Gasteiger partial charge < -0.3 is 20.3 Å². The standard InChI is InChI=1S/C27H31NO5/c1-21-15-11-7-5-3-4-6-8-12-16-22(29)19-23-25(31)26(32)27(2,33-23)18-14-10-9-13-17-24(30)28-20-21/h3-19,21,25-26,31-32H,20H2,1-2H3,(H,28,30)/b4-3-,7-5+,8-6-,10-9-,15-11-,16-12+,17-13-,18-14+,23-19?/t21-,25-,26+,27-/m1/s1. The van der Waals surface area contributed by atoms with Crippen LogP contribution < -0.4 is 5.32 Å². The van der Waals surface area contributed by atoms with Crippen molar-refractivity contribution in [3.63, 3.8) is 0 Å². The number of amides is 1. The molecule has 0 unspecified atom stereocenters. The molecule has 0 aliphatic carbocycles. The predicted molar refractivity (Wildman–Crippen MR) is 130 cm³/mol. The summed E-state index contributed by atoms with van der Waals surface area (Å²) in [6, 6.07) is 0. The molecule has 2 aliphatic heterocycles. The third kappa shape index (κ3) is 8.88. The van der Waals surface area contributed by atoms with E-state index in [0.29, 0.717) is 6.54 Å². The molecule has 1 fully saturated rings. The number of allylic oxidation sites excluding steroid dienone is 14. The van der Waals surface area contributed by atoms with Gasteiger partial charge in [0.25, 0.3) is 0 Å². The molecule has 0 aromatic heterocycles. The summed E-state index contributed by atoms with van der Waals surface area (Å²) in [7, 11) is 0. The second kappa shape index (κ2) is 13.2. The van der Waals surface area contributed by atoms with Crippen LogP contribution in [0, 0.1) is 5.92 Å². The van der Waals surface area contributed by atoms with Gasteiger partial charge in [0.2, 0.25) is 5.91 Å². The zero-order valence-corrected chi connectivity index (χ0v) is 18.9. The molecular formula is C27H31NO5. The van der Waals surface area contributed by atoms with Gasteiger partial charge >= 0.3 is 0 Å². The second-order valence-electron chi connectivity index (χ2n) is 7.85.